The molecule has 4 aromatic rings. The Morgan fingerprint density at radius 3 is 1.06 bits per heavy atom. The van der Waals surface area contributed by atoms with Crippen LogP contribution >= 0.6 is 159 Å². The van der Waals surface area contributed by atoms with Gasteiger partial charge < -0.3 is 0 Å². The molecule has 0 aliphatic carbocycles. The first-order valence-corrected chi connectivity index (χ1v) is 18.1. The minimum Gasteiger partial charge on any atom is -0.0616 e. The lowest BCUT2D eigenvalue weighted by Gasteiger charge is -2.28. The molecule has 0 aliphatic heterocycles. The highest BCUT2D eigenvalue weighted by atomic mass is 79.9. The lowest BCUT2D eigenvalue weighted by atomic mass is 9.83. The summed E-state index contributed by atoms with van der Waals surface area (Å²) in [5.74, 6) is -0.0423. The van der Waals surface area contributed by atoms with Crippen molar-refractivity contribution in [1.29, 1.82) is 0 Å². The summed E-state index contributed by atoms with van der Waals surface area (Å²) in [7, 11) is 0. The second kappa shape index (κ2) is 12.7. The first-order valence-electron chi connectivity index (χ1n) is 10.2. The predicted molar refractivity (Wildman–Crippen MR) is 188 cm³/mol. The Kier molecular flexibility index (Phi) is 10.8. The van der Waals surface area contributed by atoms with Gasteiger partial charge in [-0.05, 0) is 162 Å². The first-order chi connectivity index (χ1) is 17.0. The van der Waals surface area contributed by atoms with Gasteiger partial charge in [0.2, 0.25) is 0 Å². The molecule has 0 saturated carbocycles. The quantitative estimate of drug-likeness (QED) is 0.141. The maximum Gasteiger partial charge on any atom is 0.0477 e. The summed E-state index contributed by atoms with van der Waals surface area (Å²) in [4.78, 5) is 0. The van der Waals surface area contributed by atoms with Gasteiger partial charge in [-0.2, -0.15) is 0 Å². The van der Waals surface area contributed by atoms with E-state index in [1.807, 2.05) is 12.1 Å². The fourth-order valence-corrected chi connectivity index (χ4v) is 10.5. The van der Waals surface area contributed by atoms with E-state index in [0.29, 0.717) is 0 Å². The first kappa shape index (κ1) is 30.6. The van der Waals surface area contributed by atoms with Crippen LogP contribution in [0.3, 0.4) is 0 Å². The van der Waals surface area contributed by atoms with E-state index < -0.39 is 0 Å². The zero-order chi connectivity index (χ0) is 26.5. The van der Waals surface area contributed by atoms with Crippen molar-refractivity contribution in [3.8, 4) is 22.3 Å². The van der Waals surface area contributed by atoms with Gasteiger partial charge in [-0.3, -0.25) is 0 Å². The van der Waals surface area contributed by atoms with E-state index in [1.54, 1.807) is 0 Å². The van der Waals surface area contributed by atoms with Gasteiger partial charge in [0, 0.05) is 61.8 Å². The molecule has 0 aliphatic rings. The zero-order valence-electron chi connectivity index (χ0n) is 18.0. The summed E-state index contributed by atoms with van der Waals surface area (Å²) in [6.07, 6.45) is 0. The second-order valence-electron chi connectivity index (χ2n) is 7.77. The van der Waals surface area contributed by atoms with Gasteiger partial charge >= 0.3 is 0 Å². The Balaban J connectivity index is 2.17. The molecule has 0 spiro atoms. The molecule has 0 atom stereocenters. The number of hydrogen-bond acceptors (Lipinski definition) is 0. The van der Waals surface area contributed by atoms with Crippen molar-refractivity contribution in [1.82, 2.24) is 0 Å². The summed E-state index contributed by atoms with van der Waals surface area (Å²) < 4.78 is 9.72. The number of benzene rings is 4. The summed E-state index contributed by atoms with van der Waals surface area (Å²) >= 11 is 38.4. The third-order valence-corrected chi connectivity index (χ3v) is 16.7. The maximum absolute atomic E-state index is 3.94. The molecular weight excluding hydrogens is 1110 g/mol. The van der Waals surface area contributed by atoms with Crippen molar-refractivity contribution in [2.75, 3.05) is 0 Å². The molecule has 36 heavy (non-hydrogen) atoms. The van der Waals surface area contributed by atoms with E-state index in [1.165, 1.54) is 0 Å². The van der Waals surface area contributed by atoms with Crippen LogP contribution in [0.5, 0.6) is 0 Å². The normalized spacial score (nSPS) is 11.4. The van der Waals surface area contributed by atoms with E-state index >= 15 is 0 Å². The minimum atomic E-state index is -0.0423. The van der Waals surface area contributed by atoms with Gasteiger partial charge in [0.15, 0.2) is 0 Å². The average molecular weight is 1120 g/mol. The van der Waals surface area contributed by atoms with Crippen LogP contribution in [0.2, 0.25) is 0 Å². The van der Waals surface area contributed by atoms with Crippen molar-refractivity contribution >= 4 is 159 Å². The Labute approximate surface area is 294 Å². The number of rotatable bonds is 4. The van der Waals surface area contributed by atoms with Gasteiger partial charge in [-0.1, -0.05) is 75.2 Å². The Hall–Kier alpha value is 1.68. The Morgan fingerprint density at radius 2 is 0.722 bits per heavy atom. The van der Waals surface area contributed by atoms with Gasteiger partial charge in [0.1, 0.15) is 0 Å². The number of halogens is 10. The van der Waals surface area contributed by atoms with Crippen LogP contribution in [0.4, 0.5) is 0 Å². The van der Waals surface area contributed by atoms with E-state index in [2.05, 4.69) is 203 Å². The monoisotopic (exact) mass is 1110 g/mol. The molecule has 0 fully saturated rings. The van der Waals surface area contributed by atoms with Gasteiger partial charge in [0.25, 0.3) is 0 Å². The van der Waals surface area contributed by atoms with Crippen LogP contribution < -0.4 is 0 Å². The van der Waals surface area contributed by atoms with Crippen LogP contribution in [0.1, 0.15) is 24.0 Å². The van der Waals surface area contributed by atoms with Crippen LogP contribution in [-0.2, 0) is 0 Å². The fourth-order valence-electron chi connectivity index (χ4n) is 4.11. The van der Waals surface area contributed by atoms with Crippen LogP contribution in [-0.4, -0.2) is 0 Å². The van der Waals surface area contributed by atoms with Crippen LogP contribution in [0, 0.1) is 0 Å². The molecule has 10 heteroatoms. The molecule has 0 nitrogen and oxygen atoms in total. The molecule has 0 amide bonds. The Bertz CT molecular complexity index is 1400. The number of hydrogen-bond donors (Lipinski definition) is 0. The molecule has 4 rings (SSSR count). The molecule has 0 radical (unpaired) electrons. The summed E-state index contributed by atoms with van der Waals surface area (Å²) in [6, 6.07) is 16.6. The van der Waals surface area contributed by atoms with Crippen LogP contribution in [0.25, 0.3) is 22.3 Å². The lowest BCUT2D eigenvalue weighted by molar-refractivity contribution is 0.906. The zero-order valence-corrected chi connectivity index (χ0v) is 33.8. The fraction of sp³-hybridized carbons (Fsp3) is 0.0769. The third kappa shape index (κ3) is 5.58. The molecule has 0 N–H and O–H groups in total. The molecule has 0 aromatic heterocycles. The van der Waals surface area contributed by atoms with Crippen molar-refractivity contribution in [2.24, 2.45) is 0 Å². The maximum atomic E-state index is 3.94. The molecule has 0 unspecified atom stereocenters. The van der Waals surface area contributed by atoms with Crippen molar-refractivity contribution in [3.05, 3.63) is 104 Å². The Morgan fingerprint density at radius 1 is 0.417 bits per heavy atom. The van der Waals surface area contributed by atoms with Crippen molar-refractivity contribution in [2.45, 2.75) is 12.8 Å². The van der Waals surface area contributed by atoms with E-state index in [9.17, 15) is 0 Å². The topological polar surface area (TPSA) is 0 Å². The van der Waals surface area contributed by atoms with Crippen molar-refractivity contribution in [3.63, 3.8) is 0 Å². The second-order valence-corrected chi connectivity index (χ2v) is 15.8. The molecule has 0 heterocycles. The SMILES string of the molecule is CC(c1c(Br)c(Br)c(Br)c(Br)c1-c1ccccc1Br)c1c(Br)c(Br)c(Br)c(Br)c1-c1ccccc1Br. The highest BCUT2D eigenvalue weighted by Crippen LogP contribution is 2.55. The highest BCUT2D eigenvalue weighted by Gasteiger charge is 2.31. The largest absolute Gasteiger partial charge is 0.0616 e. The van der Waals surface area contributed by atoms with E-state index in [0.717, 1.165) is 78.1 Å². The predicted octanol–water partition coefficient (Wildman–Crippen LogP) is 14.8. The van der Waals surface area contributed by atoms with E-state index in [-0.39, 0.29) is 5.92 Å². The van der Waals surface area contributed by atoms with Crippen LogP contribution in [0.15, 0.2) is 93.3 Å². The van der Waals surface area contributed by atoms with Gasteiger partial charge in [-0.15, -0.1) is 0 Å². The summed E-state index contributed by atoms with van der Waals surface area (Å²) in [5, 5.41) is 0. The average Bonchev–Trinajstić information content (AvgIpc) is 2.86. The lowest BCUT2D eigenvalue weighted by Crippen LogP contribution is -2.07. The summed E-state index contributed by atoms with van der Waals surface area (Å²) in [5.41, 5.74) is 6.65. The standard InChI is InChI=1S/C26H12Br10/c1-10(15-17(11-6-2-4-8-13(11)27)21(31)25(35)23(33)19(15)29)16-18(12-7-3-5-9-14(12)28)22(32)26(36)24(34)20(16)30/h2-10H,1H3. The highest BCUT2D eigenvalue weighted by molar-refractivity contribution is 9.16. The van der Waals surface area contributed by atoms with Gasteiger partial charge in [0.05, 0.1) is 0 Å². The van der Waals surface area contributed by atoms with Gasteiger partial charge in [-0.25, -0.2) is 0 Å². The minimum absolute atomic E-state index is 0.0423. The third-order valence-electron chi connectivity index (χ3n) is 5.76. The van der Waals surface area contributed by atoms with E-state index in [4.69, 9.17) is 0 Å². The molecule has 4 aromatic carbocycles. The smallest absolute Gasteiger partial charge is 0.0477 e. The summed E-state index contributed by atoms with van der Waals surface area (Å²) in [6.45, 7) is 2.24. The van der Waals surface area contributed by atoms with Crippen molar-refractivity contribution < 1.29 is 0 Å². The molecule has 186 valence electrons. The molecule has 0 saturated heterocycles. The molecular formula is C26H12Br10. The molecule has 0 bridgehead atoms.